The first-order valence-corrected chi connectivity index (χ1v) is 11.4. The average molecular weight is 427 g/mol. The number of fused-ring (bicyclic) bond motifs is 1. The van der Waals surface area contributed by atoms with Crippen molar-refractivity contribution >= 4 is 27.0 Å². The predicted molar refractivity (Wildman–Crippen MR) is 116 cm³/mol. The Morgan fingerprint density at radius 2 is 1.93 bits per heavy atom. The molecule has 4 rings (SSSR count). The highest BCUT2D eigenvalue weighted by Crippen LogP contribution is 2.33. The third-order valence-electron chi connectivity index (χ3n) is 5.86. The summed E-state index contributed by atoms with van der Waals surface area (Å²) < 4.78 is 26.7. The number of carbonyl (C=O) groups is 1. The lowest BCUT2D eigenvalue weighted by atomic mass is 10.0. The fourth-order valence-corrected chi connectivity index (χ4v) is 5.22. The monoisotopic (exact) mass is 426 g/mol. The van der Waals surface area contributed by atoms with Crippen LogP contribution >= 0.6 is 0 Å². The van der Waals surface area contributed by atoms with Crippen molar-refractivity contribution in [2.75, 3.05) is 20.6 Å². The van der Waals surface area contributed by atoms with E-state index in [4.69, 9.17) is 0 Å². The molecule has 2 heterocycles. The number of imidazole rings is 1. The highest BCUT2D eigenvalue weighted by atomic mass is 32.2. The number of nitrogens with one attached hydrogen (secondary N) is 1. The number of sulfonamides is 1. The number of aryl methyl sites for hydroxylation is 1. The molecule has 8 heteroatoms. The number of hydrogen-bond donors (Lipinski definition) is 1. The average Bonchev–Trinajstić information content (AvgIpc) is 3.35. The molecule has 1 fully saturated rings. The summed E-state index contributed by atoms with van der Waals surface area (Å²) in [6, 6.07) is 10.9. The standard InChI is InChI=1S/C22H26N4O3S/c1-14-12-16(13-20(15(14)2)30(28,29)25(3)4)22(27)26-11-7-10-19(26)21-23-17-8-5-6-9-18(17)24-21/h5-6,8-9,12-13,19H,7,10-11H2,1-4H3,(H,23,24). The van der Waals surface area contributed by atoms with Crippen LogP contribution in [-0.2, 0) is 10.0 Å². The van der Waals surface area contributed by atoms with Crippen molar-refractivity contribution in [2.45, 2.75) is 37.6 Å². The summed E-state index contributed by atoms with van der Waals surface area (Å²) in [5.74, 6) is 0.600. The van der Waals surface area contributed by atoms with Crippen molar-refractivity contribution in [1.29, 1.82) is 0 Å². The lowest BCUT2D eigenvalue weighted by molar-refractivity contribution is 0.0730. The van der Waals surface area contributed by atoms with Gasteiger partial charge in [0.15, 0.2) is 0 Å². The first-order chi connectivity index (χ1) is 14.2. The number of rotatable bonds is 4. The van der Waals surface area contributed by atoms with E-state index in [-0.39, 0.29) is 16.8 Å². The van der Waals surface area contributed by atoms with Gasteiger partial charge < -0.3 is 9.88 Å². The number of hydrogen-bond acceptors (Lipinski definition) is 4. The van der Waals surface area contributed by atoms with Gasteiger partial charge in [-0.05, 0) is 62.1 Å². The second-order valence-electron chi connectivity index (χ2n) is 8.00. The Hall–Kier alpha value is -2.71. The van der Waals surface area contributed by atoms with E-state index in [2.05, 4.69) is 9.97 Å². The quantitative estimate of drug-likeness (QED) is 0.693. The van der Waals surface area contributed by atoms with Crippen LogP contribution < -0.4 is 0 Å². The summed E-state index contributed by atoms with van der Waals surface area (Å²) in [5, 5.41) is 0. The van der Waals surface area contributed by atoms with Crippen molar-refractivity contribution in [1.82, 2.24) is 19.2 Å². The molecule has 1 atom stereocenters. The molecule has 0 spiro atoms. The molecule has 0 aliphatic carbocycles. The number of nitrogens with zero attached hydrogens (tertiary/aromatic N) is 3. The van der Waals surface area contributed by atoms with Gasteiger partial charge in [0, 0.05) is 26.2 Å². The second kappa shape index (κ2) is 7.52. The zero-order valence-electron chi connectivity index (χ0n) is 17.6. The van der Waals surface area contributed by atoms with Gasteiger partial charge in [0.2, 0.25) is 10.0 Å². The Bertz CT molecular complexity index is 1200. The molecule has 1 N–H and O–H groups in total. The van der Waals surface area contributed by atoms with Gasteiger partial charge in [0.1, 0.15) is 5.82 Å². The second-order valence-corrected chi connectivity index (χ2v) is 10.1. The van der Waals surface area contributed by atoms with Crippen LogP contribution in [0.3, 0.4) is 0 Å². The Morgan fingerprint density at radius 1 is 1.20 bits per heavy atom. The Labute approximate surface area is 176 Å². The molecule has 1 amide bonds. The van der Waals surface area contributed by atoms with Gasteiger partial charge in [-0.1, -0.05) is 12.1 Å². The Morgan fingerprint density at radius 3 is 2.63 bits per heavy atom. The van der Waals surface area contributed by atoms with Crippen LogP contribution in [0.2, 0.25) is 0 Å². The molecular formula is C22H26N4O3S. The van der Waals surface area contributed by atoms with E-state index in [1.54, 1.807) is 17.9 Å². The molecule has 1 aromatic heterocycles. The van der Waals surface area contributed by atoms with Gasteiger partial charge in [-0.2, -0.15) is 0 Å². The summed E-state index contributed by atoms with van der Waals surface area (Å²) in [6.07, 6.45) is 1.69. The number of aromatic nitrogens is 2. The van der Waals surface area contributed by atoms with E-state index in [9.17, 15) is 13.2 Å². The van der Waals surface area contributed by atoms with Crippen molar-refractivity contribution < 1.29 is 13.2 Å². The van der Waals surface area contributed by atoms with Crippen LogP contribution in [0.25, 0.3) is 11.0 Å². The number of likely N-dealkylation sites (tertiary alicyclic amines) is 1. The van der Waals surface area contributed by atoms with Crippen LogP contribution in [0, 0.1) is 13.8 Å². The highest BCUT2D eigenvalue weighted by Gasteiger charge is 2.33. The predicted octanol–water partition coefficient (Wildman–Crippen LogP) is 3.41. The molecule has 3 aromatic rings. The van der Waals surface area contributed by atoms with Crippen LogP contribution in [0.5, 0.6) is 0 Å². The number of carbonyl (C=O) groups excluding carboxylic acids is 1. The van der Waals surface area contributed by atoms with Crippen molar-refractivity contribution in [3.63, 3.8) is 0 Å². The molecule has 7 nitrogen and oxygen atoms in total. The van der Waals surface area contributed by atoms with E-state index >= 15 is 0 Å². The van der Waals surface area contributed by atoms with E-state index < -0.39 is 10.0 Å². The summed E-state index contributed by atoms with van der Waals surface area (Å²) in [6.45, 7) is 4.22. The summed E-state index contributed by atoms with van der Waals surface area (Å²) in [4.78, 5) is 23.4. The topological polar surface area (TPSA) is 86.4 Å². The molecule has 158 valence electrons. The highest BCUT2D eigenvalue weighted by molar-refractivity contribution is 7.89. The van der Waals surface area contributed by atoms with Crippen LogP contribution in [0.15, 0.2) is 41.3 Å². The molecule has 0 bridgehead atoms. The Kier molecular flexibility index (Phi) is 5.15. The minimum Gasteiger partial charge on any atom is -0.340 e. The molecule has 1 aliphatic rings. The van der Waals surface area contributed by atoms with Gasteiger partial charge >= 0.3 is 0 Å². The van der Waals surface area contributed by atoms with E-state index in [1.807, 2.05) is 31.2 Å². The molecule has 0 saturated carbocycles. The van der Waals surface area contributed by atoms with Gasteiger partial charge in [-0.3, -0.25) is 4.79 Å². The van der Waals surface area contributed by atoms with Gasteiger partial charge in [-0.25, -0.2) is 17.7 Å². The smallest absolute Gasteiger partial charge is 0.254 e. The molecule has 1 unspecified atom stereocenters. The van der Waals surface area contributed by atoms with Crippen LogP contribution in [0.4, 0.5) is 0 Å². The summed E-state index contributed by atoms with van der Waals surface area (Å²) >= 11 is 0. The molecule has 0 radical (unpaired) electrons. The van der Waals surface area contributed by atoms with Crippen LogP contribution in [0.1, 0.15) is 46.2 Å². The Balaban J connectivity index is 1.72. The number of H-pyrrole nitrogens is 1. The van der Waals surface area contributed by atoms with Crippen molar-refractivity contribution in [2.24, 2.45) is 0 Å². The summed E-state index contributed by atoms with van der Waals surface area (Å²) in [5.41, 5.74) is 3.65. The fourth-order valence-electron chi connectivity index (χ4n) is 4.01. The normalized spacial score (nSPS) is 17.2. The zero-order chi connectivity index (χ0) is 21.6. The van der Waals surface area contributed by atoms with Gasteiger partial charge in [-0.15, -0.1) is 0 Å². The SMILES string of the molecule is Cc1cc(C(=O)N2CCCC2c2nc3ccccc3[nH]2)cc(S(=O)(=O)N(C)C)c1C. The van der Waals surface area contributed by atoms with E-state index in [0.717, 1.165) is 35.3 Å². The first-order valence-electron chi connectivity index (χ1n) is 9.99. The minimum atomic E-state index is -3.65. The maximum atomic E-state index is 13.4. The third kappa shape index (κ3) is 3.40. The number of aromatic amines is 1. The maximum absolute atomic E-state index is 13.4. The van der Waals surface area contributed by atoms with E-state index in [0.29, 0.717) is 17.7 Å². The van der Waals surface area contributed by atoms with Crippen LogP contribution in [-0.4, -0.2) is 54.1 Å². The molecule has 2 aromatic carbocycles. The van der Waals surface area contributed by atoms with Crippen molar-refractivity contribution in [3.8, 4) is 0 Å². The fraction of sp³-hybridized carbons (Fsp3) is 0.364. The van der Waals surface area contributed by atoms with Gasteiger partial charge in [0.25, 0.3) is 5.91 Å². The maximum Gasteiger partial charge on any atom is 0.254 e. The first kappa shape index (κ1) is 20.6. The largest absolute Gasteiger partial charge is 0.340 e. The molecule has 1 aliphatic heterocycles. The summed E-state index contributed by atoms with van der Waals surface area (Å²) in [7, 11) is -0.655. The number of para-hydroxylation sites is 2. The lowest BCUT2D eigenvalue weighted by Crippen LogP contribution is -2.31. The third-order valence-corrected chi connectivity index (χ3v) is 7.80. The number of benzene rings is 2. The van der Waals surface area contributed by atoms with Gasteiger partial charge in [0.05, 0.1) is 22.0 Å². The minimum absolute atomic E-state index is 0.152. The number of amides is 1. The van der Waals surface area contributed by atoms with Crippen molar-refractivity contribution in [3.05, 3.63) is 58.9 Å². The molecule has 1 saturated heterocycles. The molecular weight excluding hydrogens is 400 g/mol. The lowest BCUT2D eigenvalue weighted by Gasteiger charge is -2.24. The van der Waals surface area contributed by atoms with E-state index in [1.165, 1.54) is 24.5 Å². The zero-order valence-corrected chi connectivity index (χ0v) is 18.5. The molecule has 30 heavy (non-hydrogen) atoms.